The predicted molar refractivity (Wildman–Crippen MR) is 83.3 cm³/mol. The van der Waals surface area contributed by atoms with E-state index < -0.39 is 16.0 Å². The summed E-state index contributed by atoms with van der Waals surface area (Å²) in [5.74, 6) is -0.537. The molecule has 0 spiro atoms. The third-order valence-corrected chi connectivity index (χ3v) is 5.59. The molecule has 1 aromatic carbocycles. The van der Waals surface area contributed by atoms with Gasteiger partial charge in [0.25, 0.3) is 0 Å². The molecule has 0 aromatic heterocycles. The molecule has 2 atom stereocenters. The normalized spacial score (nSPS) is 22.3. The van der Waals surface area contributed by atoms with Crippen molar-refractivity contribution in [3.05, 3.63) is 29.3 Å². The van der Waals surface area contributed by atoms with Gasteiger partial charge in [-0.05, 0) is 50.9 Å². The number of carbonyl (C=O) groups excluding carboxylic acids is 1. The molecule has 2 rings (SSSR count). The molecule has 0 bridgehead atoms. The molecule has 6 nitrogen and oxygen atoms in total. The van der Waals surface area contributed by atoms with Gasteiger partial charge in [0.05, 0.1) is 17.6 Å². The van der Waals surface area contributed by atoms with E-state index in [-0.39, 0.29) is 22.5 Å². The molecule has 2 N–H and O–H groups in total. The summed E-state index contributed by atoms with van der Waals surface area (Å²) in [5, 5.41) is 3.28. The van der Waals surface area contributed by atoms with Crippen LogP contribution in [0.3, 0.4) is 0 Å². The number of benzene rings is 1. The maximum atomic E-state index is 12.6. The fraction of sp³-hybridized carbons (Fsp3) is 0.533. The number of hydrogen-bond acceptors (Lipinski definition) is 5. The molecule has 1 heterocycles. The van der Waals surface area contributed by atoms with Crippen molar-refractivity contribution in [2.24, 2.45) is 0 Å². The lowest BCUT2D eigenvalue weighted by Crippen LogP contribution is -2.46. The zero-order chi connectivity index (χ0) is 16.3. The molecule has 0 saturated carbocycles. The van der Waals surface area contributed by atoms with Crippen LogP contribution in [0.5, 0.6) is 0 Å². The van der Waals surface area contributed by atoms with Gasteiger partial charge < -0.3 is 10.1 Å². The Labute approximate surface area is 131 Å². The number of piperidine rings is 1. The summed E-state index contributed by atoms with van der Waals surface area (Å²) in [6.45, 7) is 4.44. The Morgan fingerprint density at radius 1 is 1.41 bits per heavy atom. The zero-order valence-electron chi connectivity index (χ0n) is 13.0. The number of ether oxygens (including phenoxy) is 1. The number of esters is 1. The van der Waals surface area contributed by atoms with Crippen LogP contribution in [0.25, 0.3) is 0 Å². The Balaban J connectivity index is 2.28. The minimum atomic E-state index is -3.66. The SMILES string of the molecule is COC(=O)c1cccc(S(=O)(=O)NC2CCNC(C)C2)c1C. The molecule has 22 heavy (non-hydrogen) atoms. The zero-order valence-corrected chi connectivity index (χ0v) is 13.9. The molecular weight excluding hydrogens is 304 g/mol. The van der Waals surface area contributed by atoms with Crippen molar-refractivity contribution in [1.29, 1.82) is 0 Å². The summed E-state index contributed by atoms with van der Waals surface area (Å²) in [6, 6.07) is 4.81. The molecule has 1 aromatic rings. The number of rotatable bonds is 4. The molecule has 1 fully saturated rings. The Morgan fingerprint density at radius 3 is 2.77 bits per heavy atom. The molecular formula is C15H22N2O4S. The van der Waals surface area contributed by atoms with Gasteiger partial charge in [-0.25, -0.2) is 17.9 Å². The third kappa shape index (κ3) is 3.66. The minimum Gasteiger partial charge on any atom is -0.465 e. The molecule has 1 aliphatic rings. The van der Waals surface area contributed by atoms with E-state index >= 15 is 0 Å². The first kappa shape index (κ1) is 16.9. The molecule has 122 valence electrons. The van der Waals surface area contributed by atoms with E-state index in [1.165, 1.54) is 13.2 Å². The van der Waals surface area contributed by atoms with Crippen molar-refractivity contribution < 1.29 is 17.9 Å². The fourth-order valence-corrected chi connectivity index (χ4v) is 4.31. The van der Waals surface area contributed by atoms with Crippen LogP contribution in [0.2, 0.25) is 0 Å². The maximum Gasteiger partial charge on any atom is 0.338 e. The van der Waals surface area contributed by atoms with E-state index in [0.717, 1.165) is 19.4 Å². The molecule has 2 unspecified atom stereocenters. The standard InChI is InChI=1S/C15H22N2O4S/c1-10-9-12(7-8-16-10)17-22(19,20)14-6-4-5-13(11(14)2)15(18)21-3/h4-6,10,12,16-17H,7-9H2,1-3H3. The Bertz CT molecular complexity index is 658. The minimum absolute atomic E-state index is 0.0950. The van der Waals surface area contributed by atoms with Crippen LogP contribution in [0.4, 0.5) is 0 Å². The quantitative estimate of drug-likeness (QED) is 0.812. The summed E-state index contributed by atoms with van der Waals surface area (Å²) in [5.41, 5.74) is 0.674. The van der Waals surface area contributed by atoms with Gasteiger partial charge in [0.1, 0.15) is 0 Å². The third-order valence-electron chi connectivity index (χ3n) is 3.92. The van der Waals surface area contributed by atoms with E-state index in [1.54, 1.807) is 19.1 Å². The largest absolute Gasteiger partial charge is 0.465 e. The average molecular weight is 326 g/mol. The highest BCUT2D eigenvalue weighted by molar-refractivity contribution is 7.89. The number of nitrogens with one attached hydrogen (secondary N) is 2. The smallest absolute Gasteiger partial charge is 0.338 e. The van der Waals surface area contributed by atoms with Gasteiger partial charge in [0.2, 0.25) is 10.0 Å². The highest BCUT2D eigenvalue weighted by Gasteiger charge is 2.26. The number of carbonyl (C=O) groups is 1. The van der Waals surface area contributed by atoms with Crippen LogP contribution >= 0.6 is 0 Å². The van der Waals surface area contributed by atoms with Crippen molar-refractivity contribution >= 4 is 16.0 Å². The topological polar surface area (TPSA) is 84.5 Å². The lowest BCUT2D eigenvalue weighted by Gasteiger charge is -2.28. The second-order valence-electron chi connectivity index (χ2n) is 5.62. The van der Waals surface area contributed by atoms with Gasteiger partial charge in [-0.15, -0.1) is 0 Å². The molecule has 0 amide bonds. The maximum absolute atomic E-state index is 12.6. The van der Waals surface area contributed by atoms with Gasteiger partial charge in [-0.1, -0.05) is 6.07 Å². The van der Waals surface area contributed by atoms with E-state index in [4.69, 9.17) is 0 Å². The lowest BCUT2D eigenvalue weighted by molar-refractivity contribution is 0.0599. The van der Waals surface area contributed by atoms with E-state index in [9.17, 15) is 13.2 Å². The Morgan fingerprint density at radius 2 is 2.14 bits per heavy atom. The highest BCUT2D eigenvalue weighted by atomic mass is 32.2. The first-order valence-corrected chi connectivity index (χ1v) is 8.77. The number of sulfonamides is 1. The molecule has 1 saturated heterocycles. The van der Waals surface area contributed by atoms with Gasteiger partial charge in [0.15, 0.2) is 0 Å². The van der Waals surface area contributed by atoms with Crippen molar-refractivity contribution in [1.82, 2.24) is 10.0 Å². The Kier molecular flexibility index (Phi) is 5.20. The summed E-state index contributed by atoms with van der Waals surface area (Å²) >= 11 is 0. The second kappa shape index (κ2) is 6.76. The van der Waals surface area contributed by atoms with Crippen LogP contribution in [0.1, 0.15) is 35.7 Å². The van der Waals surface area contributed by atoms with Crippen LogP contribution in [-0.4, -0.2) is 40.1 Å². The Hall–Kier alpha value is -1.44. The predicted octanol–water partition coefficient (Wildman–Crippen LogP) is 1.20. The van der Waals surface area contributed by atoms with Crippen molar-refractivity contribution in [2.75, 3.05) is 13.7 Å². The lowest BCUT2D eigenvalue weighted by atomic mass is 10.0. The van der Waals surface area contributed by atoms with Crippen molar-refractivity contribution in [2.45, 2.75) is 43.7 Å². The summed E-state index contributed by atoms with van der Waals surface area (Å²) < 4.78 is 32.6. The van der Waals surface area contributed by atoms with E-state index in [1.807, 2.05) is 6.92 Å². The number of methoxy groups -OCH3 is 1. The fourth-order valence-electron chi connectivity index (χ4n) is 2.76. The van der Waals surface area contributed by atoms with Crippen molar-refractivity contribution in [3.8, 4) is 0 Å². The summed E-state index contributed by atoms with van der Waals surface area (Å²) in [4.78, 5) is 11.8. The number of hydrogen-bond donors (Lipinski definition) is 2. The highest BCUT2D eigenvalue weighted by Crippen LogP contribution is 2.21. The first-order chi connectivity index (χ1) is 10.3. The van der Waals surface area contributed by atoms with Crippen LogP contribution < -0.4 is 10.0 Å². The molecule has 7 heteroatoms. The van der Waals surface area contributed by atoms with Crippen LogP contribution in [-0.2, 0) is 14.8 Å². The molecule has 0 radical (unpaired) electrons. The van der Waals surface area contributed by atoms with Crippen LogP contribution in [0, 0.1) is 6.92 Å². The molecule has 1 aliphatic heterocycles. The van der Waals surface area contributed by atoms with Gasteiger partial charge in [0, 0.05) is 12.1 Å². The monoisotopic (exact) mass is 326 g/mol. The van der Waals surface area contributed by atoms with Gasteiger partial charge >= 0.3 is 5.97 Å². The van der Waals surface area contributed by atoms with Gasteiger partial charge in [-0.2, -0.15) is 0 Å². The van der Waals surface area contributed by atoms with E-state index in [2.05, 4.69) is 14.8 Å². The average Bonchev–Trinajstić information content (AvgIpc) is 2.46. The molecule has 0 aliphatic carbocycles. The summed E-state index contributed by atoms with van der Waals surface area (Å²) in [6.07, 6.45) is 1.49. The van der Waals surface area contributed by atoms with Gasteiger partial charge in [-0.3, -0.25) is 0 Å². The van der Waals surface area contributed by atoms with E-state index in [0.29, 0.717) is 5.56 Å². The van der Waals surface area contributed by atoms with Crippen molar-refractivity contribution in [3.63, 3.8) is 0 Å². The van der Waals surface area contributed by atoms with Crippen LogP contribution in [0.15, 0.2) is 23.1 Å². The first-order valence-electron chi connectivity index (χ1n) is 7.29. The summed E-state index contributed by atoms with van der Waals surface area (Å²) in [7, 11) is -2.39. The second-order valence-corrected chi connectivity index (χ2v) is 7.30.